The van der Waals surface area contributed by atoms with Crippen LogP contribution in [0.1, 0.15) is 0 Å². The summed E-state index contributed by atoms with van der Waals surface area (Å²) in [4.78, 5) is 1.92. The van der Waals surface area contributed by atoms with Crippen LogP contribution in [0.5, 0.6) is 0 Å². The van der Waals surface area contributed by atoms with E-state index in [0.29, 0.717) is 0 Å². The van der Waals surface area contributed by atoms with Gasteiger partial charge in [-0.15, -0.1) is 16.9 Å². The molecule has 3 nitrogen and oxygen atoms in total. The Kier molecular flexibility index (Phi) is 1.32. The maximum atomic E-state index is 3.75. The second-order valence-electron chi connectivity index (χ2n) is 1.85. The van der Waals surface area contributed by atoms with Crippen molar-refractivity contribution in [3.05, 3.63) is 22.7 Å². The van der Waals surface area contributed by atoms with Crippen LogP contribution in [-0.2, 0) is 0 Å². The summed E-state index contributed by atoms with van der Waals surface area (Å²) in [5, 5.41) is 11.5. The van der Waals surface area contributed by atoms with Gasteiger partial charge in [0, 0.05) is 11.6 Å². The summed E-state index contributed by atoms with van der Waals surface area (Å²) < 4.78 is 0. The number of thioether (sulfide) groups is 1. The Labute approximate surface area is 62.8 Å². The molecule has 2 heterocycles. The molecule has 0 aliphatic carbocycles. The first-order valence-corrected chi connectivity index (χ1v) is 3.78. The van der Waals surface area contributed by atoms with Gasteiger partial charge in [0.25, 0.3) is 0 Å². The Balaban J connectivity index is 2.33. The molecule has 10 heavy (non-hydrogen) atoms. The first-order valence-electron chi connectivity index (χ1n) is 2.84. The van der Waals surface area contributed by atoms with Gasteiger partial charge in [0.1, 0.15) is 6.34 Å². The molecule has 0 spiro atoms. The number of hydrogen-bond acceptors (Lipinski definition) is 4. The van der Waals surface area contributed by atoms with Gasteiger partial charge in [0.2, 0.25) is 0 Å². The van der Waals surface area contributed by atoms with Gasteiger partial charge in [0.15, 0.2) is 0 Å². The summed E-state index contributed by atoms with van der Waals surface area (Å²) in [6.07, 6.45) is 5.37. The van der Waals surface area contributed by atoms with E-state index in [0.717, 1.165) is 5.70 Å². The average Bonchev–Trinajstić information content (AvgIpc) is 2.05. The van der Waals surface area contributed by atoms with Crippen molar-refractivity contribution in [3.63, 3.8) is 0 Å². The Bertz CT molecular complexity index is 252. The number of hydrogen-bond donors (Lipinski definition) is 0. The third-order valence-electron chi connectivity index (χ3n) is 1.22. The van der Waals surface area contributed by atoms with Gasteiger partial charge in [-0.1, -0.05) is 0 Å². The molecule has 0 saturated heterocycles. The van der Waals surface area contributed by atoms with Crippen LogP contribution in [0.2, 0.25) is 0 Å². The minimum atomic E-state index is 1.07. The lowest BCUT2D eigenvalue weighted by Gasteiger charge is -2.18. The van der Waals surface area contributed by atoms with Crippen molar-refractivity contribution in [2.45, 2.75) is 0 Å². The van der Waals surface area contributed by atoms with E-state index in [-0.39, 0.29) is 0 Å². The Morgan fingerprint density at radius 3 is 3.30 bits per heavy atom. The fraction of sp³-hybridized carbons (Fsp3) is 0. The molecule has 0 amide bonds. The lowest BCUT2D eigenvalue weighted by Crippen LogP contribution is -2.18. The Hall–Kier alpha value is -1.03. The van der Waals surface area contributed by atoms with E-state index in [2.05, 4.69) is 10.2 Å². The summed E-state index contributed by atoms with van der Waals surface area (Å²) in [6.45, 7) is 0. The first-order chi connectivity index (χ1) is 4.97. The van der Waals surface area contributed by atoms with Crippen molar-refractivity contribution in [3.8, 4) is 0 Å². The molecule has 0 saturated carbocycles. The molecule has 0 N–H and O–H groups in total. The quantitative estimate of drug-likeness (QED) is 0.523. The Morgan fingerprint density at radius 2 is 2.40 bits per heavy atom. The minimum Gasteiger partial charge on any atom is -0.304 e. The average molecular weight is 151 g/mol. The minimum absolute atomic E-state index is 1.07. The lowest BCUT2D eigenvalue weighted by molar-refractivity contribution is 0.739. The molecule has 0 radical (unpaired) electrons. The summed E-state index contributed by atoms with van der Waals surface area (Å²) in [7, 11) is 0. The van der Waals surface area contributed by atoms with Crippen molar-refractivity contribution in [1.82, 2.24) is 4.90 Å². The van der Waals surface area contributed by atoms with E-state index >= 15 is 0 Å². The topological polar surface area (TPSA) is 28.0 Å². The molecule has 2 rings (SSSR count). The number of rotatable bonds is 0. The second-order valence-corrected chi connectivity index (χ2v) is 2.63. The normalized spacial score (nSPS) is 20.8. The zero-order valence-corrected chi connectivity index (χ0v) is 5.95. The molecule has 2 aliphatic heterocycles. The predicted molar refractivity (Wildman–Crippen MR) is 43.6 cm³/mol. The van der Waals surface area contributed by atoms with Gasteiger partial charge in [0.05, 0.1) is 11.9 Å². The van der Waals surface area contributed by atoms with Crippen LogP contribution in [0.25, 0.3) is 0 Å². The highest BCUT2D eigenvalue weighted by molar-refractivity contribution is 8.05. The van der Waals surface area contributed by atoms with Crippen molar-refractivity contribution in [2.75, 3.05) is 0 Å². The Morgan fingerprint density at radius 1 is 1.40 bits per heavy atom. The monoisotopic (exact) mass is 151 g/mol. The fourth-order valence-electron chi connectivity index (χ4n) is 0.737. The molecule has 2 aliphatic rings. The van der Waals surface area contributed by atoms with Gasteiger partial charge in [-0.2, -0.15) is 5.10 Å². The maximum absolute atomic E-state index is 3.75. The smallest absolute Gasteiger partial charge is 0.122 e. The third kappa shape index (κ3) is 0.863. The number of fused-ring (bicyclic) bond motifs is 1. The zero-order valence-electron chi connectivity index (χ0n) is 5.14. The van der Waals surface area contributed by atoms with Crippen molar-refractivity contribution in [1.29, 1.82) is 0 Å². The first kappa shape index (κ1) is 5.73. The molecule has 50 valence electrons. The van der Waals surface area contributed by atoms with Crippen LogP contribution in [0.4, 0.5) is 0 Å². The molecule has 0 unspecified atom stereocenters. The standard InChI is InChI=1S/C6H5N3S/c1-2-10-4-6-3-7-8-5-9(1)6/h1-5H. The van der Waals surface area contributed by atoms with E-state index in [4.69, 9.17) is 0 Å². The highest BCUT2D eigenvalue weighted by atomic mass is 32.2. The van der Waals surface area contributed by atoms with Crippen LogP contribution in [0, 0.1) is 0 Å². The molecule has 0 atom stereocenters. The predicted octanol–water partition coefficient (Wildman–Crippen LogP) is 1.38. The van der Waals surface area contributed by atoms with E-state index in [1.807, 2.05) is 21.9 Å². The van der Waals surface area contributed by atoms with Gasteiger partial charge in [-0.05, 0) is 5.41 Å². The van der Waals surface area contributed by atoms with Gasteiger partial charge in [-0.3, -0.25) is 0 Å². The largest absolute Gasteiger partial charge is 0.304 e. The van der Waals surface area contributed by atoms with Crippen molar-refractivity contribution < 1.29 is 0 Å². The van der Waals surface area contributed by atoms with E-state index < -0.39 is 0 Å². The summed E-state index contributed by atoms with van der Waals surface area (Å²) in [6, 6.07) is 0. The summed E-state index contributed by atoms with van der Waals surface area (Å²) in [5.74, 6) is 0. The number of nitrogens with zero attached hydrogens (tertiary/aromatic N) is 3. The molecular formula is C6H5N3S. The van der Waals surface area contributed by atoms with Gasteiger partial charge >= 0.3 is 0 Å². The lowest BCUT2D eigenvalue weighted by atomic mass is 10.5. The summed E-state index contributed by atoms with van der Waals surface area (Å²) in [5.41, 5.74) is 1.07. The van der Waals surface area contributed by atoms with Crippen LogP contribution in [0.15, 0.2) is 32.9 Å². The maximum Gasteiger partial charge on any atom is 0.122 e. The summed E-state index contributed by atoms with van der Waals surface area (Å²) >= 11 is 1.64. The molecule has 0 aromatic heterocycles. The zero-order chi connectivity index (χ0) is 6.81. The van der Waals surface area contributed by atoms with E-state index in [9.17, 15) is 0 Å². The fourth-order valence-corrected chi connectivity index (χ4v) is 1.34. The molecule has 0 aromatic carbocycles. The second kappa shape index (κ2) is 2.30. The van der Waals surface area contributed by atoms with Crippen LogP contribution < -0.4 is 0 Å². The van der Waals surface area contributed by atoms with Crippen molar-refractivity contribution >= 4 is 24.3 Å². The van der Waals surface area contributed by atoms with Crippen molar-refractivity contribution in [2.24, 2.45) is 10.2 Å². The molecule has 4 heteroatoms. The van der Waals surface area contributed by atoms with Crippen LogP contribution in [0.3, 0.4) is 0 Å². The number of allylic oxidation sites excluding steroid dienone is 1. The molecule has 0 aromatic rings. The third-order valence-corrected chi connectivity index (χ3v) is 1.88. The molecular weight excluding hydrogens is 146 g/mol. The molecule has 0 bridgehead atoms. The van der Waals surface area contributed by atoms with Gasteiger partial charge < -0.3 is 4.90 Å². The van der Waals surface area contributed by atoms with Crippen LogP contribution >= 0.6 is 11.8 Å². The van der Waals surface area contributed by atoms with Gasteiger partial charge in [-0.25, -0.2) is 0 Å². The highest BCUT2D eigenvalue weighted by Crippen LogP contribution is 2.18. The highest BCUT2D eigenvalue weighted by Gasteiger charge is 2.06. The van der Waals surface area contributed by atoms with Crippen LogP contribution in [-0.4, -0.2) is 17.5 Å². The SMILES string of the molecule is C1=CN2C=NN=CC2=CS1. The molecule has 0 fully saturated rings. The van der Waals surface area contributed by atoms with E-state index in [1.165, 1.54) is 0 Å². The van der Waals surface area contributed by atoms with E-state index in [1.54, 1.807) is 24.3 Å².